The lowest BCUT2D eigenvalue weighted by atomic mass is 10.00. The quantitative estimate of drug-likeness (QED) is 0.191. The average Bonchev–Trinajstić information content (AvgIpc) is 3.78. The Morgan fingerprint density at radius 2 is 1.00 bits per heavy atom. The van der Waals surface area contributed by atoms with E-state index in [0.717, 1.165) is 0 Å². The predicted octanol–water partition coefficient (Wildman–Crippen LogP) is 12.7. The summed E-state index contributed by atoms with van der Waals surface area (Å²) in [7, 11) is 0. The first-order valence-corrected chi connectivity index (χ1v) is 13.3. The fourth-order valence-corrected chi connectivity index (χ4v) is 4.82. The fraction of sp³-hybridized carbons (Fsp3) is 0. The molecule has 9 rings (SSSR count). The molecular formula is C44H29NO. The Hall–Kier alpha value is -6.12. The molecule has 2 heteroatoms. The van der Waals surface area contributed by atoms with Crippen LogP contribution in [-0.4, -0.2) is 0 Å². The topological polar surface area (TPSA) is 16.4 Å². The predicted molar refractivity (Wildman–Crippen MR) is 194 cm³/mol. The molecule has 0 bridgehead atoms. The van der Waals surface area contributed by atoms with E-state index in [4.69, 9.17) is 30.5 Å². The molecule has 0 unspecified atom stereocenters. The number of hydrogen-bond acceptors (Lipinski definition) is 2. The highest BCUT2D eigenvalue weighted by Gasteiger charge is 2.20. The van der Waals surface area contributed by atoms with Crippen molar-refractivity contribution in [1.29, 1.82) is 0 Å². The maximum absolute atomic E-state index is 9.63. The van der Waals surface area contributed by atoms with E-state index < -0.39 is 258 Å². The first kappa shape index (κ1) is 10.2. The van der Waals surface area contributed by atoms with Crippen LogP contribution in [0.5, 0.6) is 0 Å². The molecular weight excluding hydrogens is 558 g/mol. The monoisotopic (exact) mass is 616 g/mol. The molecule has 8 aromatic carbocycles. The summed E-state index contributed by atoms with van der Waals surface area (Å²) < 4.78 is 264. The van der Waals surface area contributed by atoms with E-state index in [-0.39, 0.29) is 0 Å². The first-order chi connectivity index (χ1) is 34.9. The van der Waals surface area contributed by atoms with Crippen LogP contribution in [0.2, 0.25) is 0 Å². The van der Waals surface area contributed by atoms with Gasteiger partial charge in [-0.1, -0.05) is 127 Å². The Bertz CT molecular complexity index is 4100. The third-order valence-corrected chi connectivity index (χ3v) is 6.87. The van der Waals surface area contributed by atoms with Gasteiger partial charge >= 0.3 is 0 Å². The van der Waals surface area contributed by atoms with E-state index in [0.29, 0.717) is 4.90 Å². The van der Waals surface area contributed by atoms with Crippen LogP contribution in [0, 0.1) is 0 Å². The van der Waals surface area contributed by atoms with Crippen molar-refractivity contribution in [2.75, 3.05) is 4.90 Å². The van der Waals surface area contributed by atoms with Crippen LogP contribution >= 0.6 is 0 Å². The molecule has 0 spiro atoms. The van der Waals surface area contributed by atoms with Gasteiger partial charge in [0.15, 0.2) is 0 Å². The van der Waals surface area contributed by atoms with E-state index in [1.54, 1.807) is 0 Å². The Labute approximate surface area is 308 Å². The van der Waals surface area contributed by atoms with Gasteiger partial charge in [0, 0.05) is 27.5 Å². The Kier molecular flexibility index (Phi) is 2.39. The molecule has 0 radical (unpaired) electrons. The van der Waals surface area contributed by atoms with Crippen molar-refractivity contribution in [3.8, 4) is 22.3 Å². The van der Waals surface area contributed by atoms with Crippen molar-refractivity contribution in [1.82, 2.24) is 0 Å². The lowest BCUT2D eigenvalue weighted by Crippen LogP contribution is -2.10. The van der Waals surface area contributed by atoms with E-state index >= 15 is 0 Å². The van der Waals surface area contributed by atoms with E-state index in [1.165, 1.54) is 0 Å². The second-order valence-electron chi connectivity index (χ2n) is 9.52. The molecule has 46 heavy (non-hydrogen) atoms. The highest BCUT2D eigenvalue weighted by Crippen LogP contribution is 2.44. The number of rotatable bonds is 5. The minimum absolute atomic E-state index is 0.403. The third-order valence-electron chi connectivity index (χ3n) is 6.87. The fourth-order valence-electron chi connectivity index (χ4n) is 4.82. The van der Waals surface area contributed by atoms with Gasteiger partial charge < -0.3 is 9.32 Å². The van der Waals surface area contributed by atoms with Gasteiger partial charge in [-0.25, -0.2) is 0 Å². The van der Waals surface area contributed by atoms with Crippen molar-refractivity contribution in [3.05, 3.63) is 175 Å². The molecule has 0 aliphatic carbocycles. The van der Waals surface area contributed by atoms with Crippen LogP contribution < -0.4 is 4.90 Å². The van der Waals surface area contributed by atoms with Gasteiger partial charge in [0.25, 0.3) is 0 Å². The minimum Gasteiger partial charge on any atom is -0.455 e. The summed E-state index contributed by atoms with van der Waals surface area (Å²) in [6, 6.07) is -28.9. The lowest BCUT2D eigenvalue weighted by molar-refractivity contribution is 0.672. The largest absolute Gasteiger partial charge is 0.455 e. The second kappa shape index (κ2) is 10.8. The first-order valence-electron chi connectivity index (χ1n) is 27.8. The minimum atomic E-state index is -1.27. The summed E-state index contributed by atoms with van der Waals surface area (Å²) in [5.74, 6) is 0. The molecule has 2 nitrogen and oxygen atoms in total. The number of nitrogens with zero attached hydrogens (tertiary/aromatic N) is 1. The Balaban J connectivity index is 1.53. The number of benzene rings is 8. The van der Waals surface area contributed by atoms with Crippen LogP contribution in [0.15, 0.2) is 180 Å². The van der Waals surface area contributed by atoms with Crippen LogP contribution in [0.3, 0.4) is 0 Å². The molecule has 0 aliphatic rings. The second-order valence-corrected chi connectivity index (χ2v) is 9.52. The zero-order valence-corrected chi connectivity index (χ0v) is 22.9. The van der Waals surface area contributed by atoms with Crippen molar-refractivity contribution in [2.24, 2.45) is 0 Å². The van der Waals surface area contributed by atoms with Crippen LogP contribution in [0.4, 0.5) is 17.1 Å². The van der Waals surface area contributed by atoms with Crippen LogP contribution in [-0.2, 0) is 0 Å². The molecule has 1 heterocycles. The van der Waals surface area contributed by atoms with Crippen molar-refractivity contribution < 1.29 is 44.2 Å². The zero-order valence-electron chi connectivity index (χ0n) is 51.9. The number of furan rings is 1. The molecule has 0 saturated heterocycles. The maximum atomic E-state index is 9.63. The molecule has 216 valence electrons. The van der Waals surface area contributed by atoms with Gasteiger partial charge in [-0.15, -0.1) is 0 Å². The Morgan fingerprint density at radius 1 is 0.413 bits per heavy atom. The van der Waals surface area contributed by atoms with Gasteiger partial charge in [-0.3, -0.25) is 0 Å². The Morgan fingerprint density at radius 3 is 1.78 bits per heavy atom. The summed E-state index contributed by atoms with van der Waals surface area (Å²) in [5, 5.41) is -3.76. The summed E-state index contributed by atoms with van der Waals surface area (Å²) >= 11 is 0. The van der Waals surface area contributed by atoms with Crippen molar-refractivity contribution >= 4 is 60.5 Å². The normalized spacial score (nSPS) is 20.3. The highest BCUT2D eigenvalue weighted by atomic mass is 16.3. The molecule has 0 N–H and O–H groups in total. The molecule has 0 aliphatic heterocycles. The average molecular weight is 617 g/mol. The molecule has 9 aromatic rings. The van der Waals surface area contributed by atoms with Crippen molar-refractivity contribution in [3.63, 3.8) is 0 Å². The van der Waals surface area contributed by atoms with Gasteiger partial charge in [0.05, 0.1) is 45.4 Å². The number of fused-ring (bicyclic) bond motifs is 6. The van der Waals surface area contributed by atoms with E-state index in [9.17, 15) is 13.7 Å². The summed E-state index contributed by atoms with van der Waals surface area (Å²) in [6.45, 7) is 0. The lowest BCUT2D eigenvalue weighted by Gasteiger charge is -2.27. The number of anilines is 3. The third kappa shape index (κ3) is 4.43. The number of para-hydroxylation sites is 1. The van der Waals surface area contributed by atoms with Gasteiger partial charge in [0.1, 0.15) is 11.2 Å². The molecule has 0 saturated carbocycles. The standard InChI is InChI=1S/C44H29NO/c1-2-9-30(10-3-1)32-19-24-37(25-20-32)45(38-26-21-33(22-27-38)36-18-17-31-11-4-5-12-35(31)29-36)41-15-8-13-34-23-28-40-39-14-6-7-16-42(39)46-44(40)43(34)41/h1-29H/i1D,2D,3D,4D,5D,6D,7D,8D,9D,10D,11D,12D,13D,14D,15D,16D,17D,18D,19D,20D,21D,22D,23D,24D,25D,26D,27D,28D,29D. The molecule has 0 atom stereocenters. The van der Waals surface area contributed by atoms with Crippen molar-refractivity contribution in [2.45, 2.75) is 0 Å². The SMILES string of the molecule is [2H]c1c([2H])c([2H])c(-c2c([2H])c([2H])c(N(c3c([2H])c([2H])c(-c4c([2H])c([2H])c5c([2H])c([2H])c([2H])c([2H])c5c4[2H])c([2H])c3[2H])c3c([2H])c([2H])c([2H])c4c([2H])c([2H])c5c(oc6c([2H])c([2H])c([2H])c([2H])c65)c34)c([2H])c2[2H])c([2H])c1[2H]. The summed E-state index contributed by atoms with van der Waals surface area (Å²) in [6.07, 6.45) is 0. The van der Waals surface area contributed by atoms with Gasteiger partial charge in [0.2, 0.25) is 0 Å². The van der Waals surface area contributed by atoms with Crippen LogP contribution in [0.1, 0.15) is 39.8 Å². The van der Waals surface area contributed by atoms with Gasteiger partial charge in [-0.2, -0.15) is 0 Å². The van der Waals surface area contributed by atoms with Gasteiger partial charge in [-0.05, 0) is 86.8 Å². The zero-order chi connectivity index (χ0) is 55.7. The number of hydrogen-bond donors (Lipinski definition) is 0. The van der Waals surface area contributed by atoms with E-state index in [2.05, 4.69) is 0 Å². The molecule has 0 amide bonds. The molecule has 1 aromatic heterocycles. The molecule has 0 fully saturated rings. The van der Waals surface area contributed by atoms with E-state index in [1.807, 2.05) is 0 Å². The summed E-state index contributed by atoms with van der Waals surface area (Å²) in [4.78, 5) is 0.403. The smallest absolute Gasteiger partial charge is 0.145 e. The highest BCUT2D eigenvalue weighted by molar-refractivity contribution is 6.19. The summed E-state index contributed by atoms with van der Waals surface area (Å²) in [5.41, 5.74) is -8.08. The van der Waals surface area contributed by atoms with Crippen LogP contribution in [0.25, 0.3) is 65.7 Å². The maximum Gasteiger partial charge on any atom is 0.145 e.